The van der Waals surface area contributed by atoms with Crippen LogP contribution in [0.4, 0.5) is 0 Å². The minimum atomic E-state index is -0.777. The maximum absolute atomic E-state index is 11.5. The maximum atomic E-state index is 11.5. The number of ether oxygens (including phenoxy) is 2. The number of fused-ring (bicyclic) bond motifs is 1. The number of hydrogen-bond acceptors (Lipinski definition) is 4. The molecule has 1 N–H and O–H groups in total. The molecule has 0 saturated heterocycles. The van der Waals surface area contributed by atoms with E-state index in [1.54, 1.807) is 0 Å². The lowest BCUT2D eigenvalue weighted by Gasteiger charge is -2.31. The Labute approximate surface area is 88.9 Å². The number of rotatable bonds is 1. The number of methoxy groups -OCH3 is 1. The molecular formula is C11H16O4. The van der Waals surface area contributed by atoms with Crippen molar-refractivity contribution in [1.82, 2.24) is 0 Å². The molecule has 2 aliphatic rings. The first kappa shape index (κ1) is 10.5. The summed E-state index contributed by atoms with van der Waals surface area (Å²) in [6, 6.07) is 0. The van der Waals surface area contributed by atoms with Crippen molar-refractivity contribution in [2.75, 3.05) is 7.11 Å². The number of hydrogen-bond donors (Lipinski definition) is 1. The van der Waals surface area contributed by atoms with Crippen molar-refractivity contribution in [2.45, 2.75) is 26.1 Å². The van der Waals surface area contributed by atoms with Gasteiger partial charge in [-0.2, -0.15) is 0 Å². The molecule has 0 aromatic carbocycles. The van der Waals surface area contributed by atoms with Crippen LogP contribution in [0.3, 0.4) is 0 Å². The molecule has 1 heterocycles. The molecule has 4 heteroatoms. The molecule has 1 aliphatic carbocycles. The van der Waals surface area contributed by atoms with E-state index in [1.807, 2.05) is 0 Å². The van der Waals surface area contributed by atoms with Crippen LogP contribution in [0.25, 0.3) is 0 Å². The Morgan fingerprint density at radius 2 is 2.33 bits per heavy atom. The number of carbonyl (C=O) groups excluding carboxylic acids is 1. The van der Waals surface area contributed by atoms with Crippen molar-refractivity contribution in [2.24, 2.45) is 17.8 Å². The average Bonchev–Trinajstić information content (AvgIpc) is 2.61. The summed E-state index contributed by atoms with van der Waals surface area (Å²) >= 11 is 0. The van der Waals surface area contributed by atoms with E-state index in [1.165, 1.54) is 13.4 Å². The highest BCUT2D eigenvalue weighted by Crippen LogP contribution is 2.45. The van der Waals surface area contributed by atoms with Crippen molar-refractivity contribution in [3.05, 3.63) is 11.8 Å². The minimum absolute atomic E-state index is 0.0316. The van der Waals surface area contributed by atoms with Gasteiger partial charge in [0.2, 0.25) is 0 Å². The van der Waals surface area contributed by atoms with Crippen LogP contribution < -0.4 is 0 Å². The minimum Gasteiger partial charge on any atom is -0.472 e. The topological polar surface area (TPSA) is 55.8 Å². The van der Waals surface area contributed by atoms with Crippen molar-refractivity contribution in [3.8, 4) is 0 Å². The van der Waals surface area contributed by atoms with Gasteiger partial charge >= 0.3 is 5.97 Å². The maximum Gasteiger partial charge on any atom is 0.337 e. The fourth-order valence-electron chi connectivity index (χ4n) is 2.71. The van der Waals surface area contributed by atoms with Gasteiger partial charge < -0.3 is 14.6 Å². The van der Waals surface area contributed by atoms with Crippen LogP contribution in [0, 0.1) is 17.8 Å². The lowest BCUT2D eigenvalue weighted by atomic mass is 9.83. The smallest absolute Gasteiger partial charge is 0.337 e. The van der Waals surface area contributed by atoms with Gasteiger partial charge in [-0.1, -0.05) is 6.92 Å². The molecule has 0 bridgehead atoms. The van der Waals surface area contributed by atoms with Gasteiger partial charge in [-0.3, -0.25) is 0 Å². The molecule has 1 unspecified atom stereocenters. The molecule has 0 radical (unpaired) electrons. The molecule has 0 amide bonds. The monoisotopic (exact) mass is 212 g/mol. The van der Waals surface area contributed by atoms with Crippen LogP contribution in [-0.2, 0) is 14.3 Å². The molecule has 0 spiro atoms. The Morgan fingerprint density at radius 3 is 3.00 bits per heavy atom. The van der Waals surface area contributed by atoms with E-state index in [2.05, 4.69) is 6.92 Å². The molecule has 1 aliphatic heterocycles. The van der Waals surface area contributed by atoms with Gasteiger partial charge in [0.25, 0.3) is 0 Å². The second-order valence-corrected chi connectivity index (χ2v) is 4.33. The summed E-state index contributed by atoms with van der Waals surface area (Å²) in [6.07, 6.45) is 2.52. The van der Waals surface area contributed by atoms with Gasteiger partial charge in [0, 0.05) is 11.8 Å². The van der Waals surface area contributed by atoms with Crippen molar-refractivity contribution >= 4 is 5.97 Å². The second-order valence-electron chi connectivity index (χ2n) is 4.33. The van der Waals surface area contributed by atoms with Crippen LogP contribution in [-0.4, -0.2) is 24.5 Å². The summed E-state index contributed by atoms with van der Waals surface area (Å²) in [5.74, 6) is 0.171. The van der Waals surface area contributed by atoms with E-state index in [0.29, 0.717) is 11.5 Å². The molecule has 1 fully saturated rings. The Hall–Kier alpha value is -1.03. The average molecular weight is 212 g/mol. The Bertz CT molecular complexity index is 297. The molecule has 2 rings (SSSR count). The van der Waals surface area contributed by atoms with Crippen LogP contribution in [0.2, 0.25) is 0 Å². The zero-order chi connectivity index (χ0) is 11.0. The lowest BCUT2D eigenvalue weighted by molar-refractivity contribution is -0.144. The summed E-state index contributed by atoms with van der Waals surface area (Å²) < 4.78 is 9.79. The summed E-state index contributed by atoms with van der Waals surface area (Å²) in [5.41, 5.74) is 0.567. The third-order valence-corrected chi connectivity index (χ3v) is 3.54. The summed E-state index contributed by atoms with van der Waals surface area (Å²) in [5, 5.41) is 9.70. The quantitative estimate of drug-likeness (QED) is 0.660. The number of carbonyl (C=O) groups is 1. The Balaban J connectivity index is 2.24. The first-order valence-electron chi connectivity index (χ1n) is 5.27. The molecule has 4 nitrogen and oxygen atoms in total. The fourth-order valence-corrected chi connectivity index (χ4v) is 2.71. The molecule has 0 aromatic heterocycles. The van der Waals surface area contributed by atoms with Gasteiger partial charge in [0.1, 0.15) is 0 Å². The summed E-state index contributed by atoms with van der Waals surface area (Å²) in [7, 11) is 1.36. The summed E-state index contributed by atoms with van der Waals surface area (Å²) in [4.78, 5) is 11.5. The molecule has 84 valence electrons. The van der Waals surface area contributed by atoms with E-state index in [9.17, 15) is 9.90 Å². The van der Waals surface area contributed by atoms with Crippen molar-refractivity contribution < 1.29 is 19.4 Å². The van der Waals surface area contributed by atoms with Gasteiger partial charge in [0.15, 0.2) is 6.29 Å². The van der Waals surface area contributed by atoms with Crippen LogP contribution >= 0.6 is 0 Å². The highest BCUT2D eigenvalue weighted by Gasteiger charge is 2.45. The first-order chi connectivity index (χ1) is 7.15. The van der Waals surface area contributed by atoms with Crippen molar-refractivity contribution in [1.29, 1.82) is 0 Å². The zero-order valence-electron chi connectivity index (χ0n) is 8.97. The van der Waals surface area contributed by atoms with E-state index in [4.69, 9.17) is 9.47 Å². The highest BCUT2D eigenvalue weighted by atomic mass is 16.6. The largest absolute Gasteiger partial charge is 0.472 e. The number of aliphatic hydroxyl groups is 1. The van der Waals surface area contributed by atoms with Gasteiger partial charge in [0.05, 0.1) is 18.9 Å². The predicted molar refractivity (Wildman–Crippen MR) is 52.6 cm³/mol. The SMILES string of the molecule is COC(=O)C1=COC(O)[C@H]2[C@@H]1CC[C@@H]2C. The molecule has 0 aromatic rings. The standard InChI is InChI=1S/C11H16O4/c1-6-3-4-7-8(10(12)14-2)5-15-11(13)9(6)7/h5-7,9,11,13H,3-4H2,1-2H3/t6-,7+,9+,11?/m0/s1. The Morgan fingerprint density at radius 1 is 1.60 bits per heavy atom. The van der Waals surface area contributed by atoms with E-state index in [-0.39, 0.29) is 17.8 Å². The van der Waals surface area contributed by atoms with E-state index >= 15 is 0 Å². The van der Waals surface area contributed by atoms with E-state index in [0.717, 1.165) is 12.8 Å². The van der Waals surface area contributed by atoms with Gasteiger partial charge in [-0.15, -0.1) is 0 Å². The molecule has 4 atom stereocenters. The molecule has 15 heavy (non-hydrogen) atoms. The third-order valence-electron chi connectivity index (χ3n) is 3.54. The normalized spacial score (nSPS) is 39.0. The lowest BCUT2D eigenvalue weighted by Crippen LogP contribution is -2.35. The predicted octanol–water partition coefficient (Wildman–Crippen LogP) is 1.05. The number of aliphatic hydroxyl groups excluding tert-OH is 1. The van der Waals surface area contributed by atoms with Crippen LogP contribution in [0.1, 0.15) is 19.8 Å². The van der Waals surface area contributed by atoms with Gasteiger partial charge in [-0.25, -0.2) is 4.79 Å². The number of esters is 1. The van der Waals surface area contributed by atoms with Crippen LogP contribution in [0.5, 0.6) is 0 Å². The Kier molecular flexibility index (Phi) is 2.69. The van der Waals surface area contributed by atoms with Crippen molar-refractivity contribution in [3.63, 3.8) is 0 Å². The summed E-state index contributed by atoms with van der Waals surface area (Å²) in [6.45, 7) is 2.08. The van der Waals surface area contributed by atoms with E-state index < -0.39 is 6.29 Å². The first-order valence-corrected chi connectivity index (χ1v) is 5.27. The molecular weight excluding hydrogens is 196 g/mol. The van der Waals surface area contributed by atoms with Crippen LogP contribution in [0.15, 0.2) is 11.8 Å². The molecule has 1 saturated carbocycles. The third kappa shape index (κ3) is 1.63. The van der Waals surface area contributed by atoms with Gasteiger partial charge in [-0.05, 0) is 18.8 Å². The highest BCUT2D eigenvalue weighted by molar-refractivity contribution is 5.88. The zero-order valence-corrected chi connectivity index (χ0v) is 8.97. The second kappa shape index (κ2) is 3.85. The fraction of sp³-hybridized carbons (Fsp3) is 0.727.